The normalized spacial score (nSPS) is 11.0. The van der Waals surface area contributed by atoms with E-state index in [-0.39, 0.29) is 11.4 Å². The van der Waals surface area contributed by atoms with Gasteiger partial charge in [-0.05, 0) is 36.4 Å². The molecule has 0 bridgehead atoms. The molecule has 0 radical (unpaired) electrons. The predicted octanol–water partition coefficient (Wildman–Crippen LogP) is 3.39. The van der Waals surface area contributed by atoms with Crippen LogP contribution >= 0.6 is 0 Å². The Morgan fingerprint density at radius 3 is 2.33 bits per heavy atom. The fraction of sp³-hybridized carbons (Fsp3) is 0.143. The van der Waals surface area contributed by atoms with Crippen molar-refractivity contribution in [2.75, 3.05) is 17.7 Å². The van der Waals surface area contributed by atoms with Crippen molar-refractivity contribution in [2.45, 2.75) is 6.18 Å². The Bertz CT molecular complexity index is 639. The molecule has 110 valence electrons. The summed E-state index contributed by atoms with van der Waals surface area (Å²) in [5.41, 5.74) is -0.331. The van der Waals surface area contributed by atoms with Gasteiger partial charge in [0, 0.05) is 12.7 Å². The second kappa shape index (κ2) is 5.82. The smallest absolute Gasteiger partial charge is 0.373 e. The van der Waals surface area contributed by atoms with Crippen LogP contribution < -0.4 is 10.6 Å². The summed E-state index contributed by atoms with van der Waals surface area (Å²) in [6.07, 6.45) is -4.40. The van der Waals surface area contributed by atoms with Gasteiger partial charge in [-0.25, -0.2) is 4.98 Å². The van der Waals surface area contributed by atoms with Crippen LogP contribution in [0.3, 0.4) is 0 Å². The van der Waals surface area contributed by atoms with E-state index >= 15 is 0 Å². The van der Waals surface area contributed by atoms with E-state index in [4.69, 9.17) is 0 Å². The molecule has 7 heteroatoms. The van der Waals surface area contributed by atoms with E-state index in [0.29, 0.717) is 5.82 Å². The van der Waals surface area contributed by atoms with Gasteiger partial charge in [0.2, 0.25) is 0 Å². The lowest BCUT2D eigenvalue weighted by Crippen LogP contribution is -2.14. The number of alkyl halides is 3. The molecule has 0 aliphatic rings. The molecule has 0 saturated carbocycles. The summed E-state index contributed by atoms with van der Waals surface area (Å²) >= 11 is 0. The summed E-state index contributed by atoms with van der Waals surface area (Å²) in [4.78, 5) is 16.0. The molecule has 2 N–H and O–H groups in total. The molecule has 0 saturated heterocycles. The van der Waals surface area contributed by atoms with Crippen LogP contribution in [0.2, 0.25) is 0 Å². The maximum Gasteiger partial charge on any atom is 0.416 e. The standard InChI is InChI=1S/C14H12F3N3O/c1-18-12-4-2-3-11(20-12)13(21)19-10-7-5-9(6-8-10)14(15,16)17/h2-8H,1H3,(H,18,20)(H,19,21). The van der Waals surface area contributed by atoms with Crippen molar-refractivity contribution in [3.05, 3.63) is 53.7 Å². The summed E-state index contributed by atoms with van der Waals surface area (Å²) in [7, 11) is 1.67. The zero-order chi connectivity index (χ0) is 15.5. The van der Waals surface area contributed by atoms with E-state index in [9.17, 15) is 18.0 Å². The van der Waals surface area contributed by atoms with Gasteiger partial charge in [-0.1, -0.05) is 6.07 Å². The summed E-state index contributed by atoms with van der Waals surface area (Å²) in [5, 5.41) is 5.29. The zero-order valence-corrected chi connectivity index (χ0v) is 11.0. The van der Waals surface area contributed by atoms with Crippen LogP contribution in [0, 0.1) is 0 Å². The van der Waals surface area contributed by atoms with Gasteiger partial charge in [-0.3, -0.25) is 4.79 Å². The van der Waals surface area contributed by atoms with Gasteiger partial charge < -0.3 is 10.6 Å². The molecular formula is C14H12F3N3O. The number of hydrogen-bond donors (Lipinski definition) is 2. The first kappa shape index (κ1) is 14.8. The number of nitrogens with zero attached hydrogens (tertiary/aromatic N) is 1. The topological polar surface area (TPSA) is 54.0 Å². The third kappa shape index (κ3) is 3.71. The number of amides is 1. The highest BCUT2D eigenvalue weighted by Gasteiger charge is 2.29. The summed E-state index contributed by atoms with van der Waals surface area (Å²) < 4.78 is 37.3. The van der Waals surface area contributed by atoms with Crippen molar-refractivity contribution in [1.82, 2.24) is 4.98 Å². The van der Waals surface area contributed by atoms with Gasteiger partial charge in [-0.15, -0.1) is 0 Å². The number of halogens is 3. The van der Waals surface area contributed by atoms with Gasteiger partial charge in [-0.2, -0.15) is 13.2 Å². The molecule has 1 aromatic heterocycles. The summed E-state index contributed by atoms with van der Waals surface area (Å²) in [5.74, 6) is 0.0296. The lowest BCUT2D eigenvalue weighted by atomic mass is 10.2. The fourth-order valence-corrected chi connectivity index (χ4v) is 1.64. The first-order chi connectivity index (χ1) is 9.90. The van der Waals surface area contributed by atoms with Crippen LogP contribution in [0.15, 0.2) is 42.5 Å². The van der Waals surface area contributed by atoms with E-state index in [1.807, 2.05) is 0 Å². The van der Waals surface area contributed by atoms with Crippen molar-refractivity contribution in [3.8, 4) is 0 Å². The average molecular weight is 295 g/mol. The number of rotatable bonds is 3. The van der Waals surface area contributed by atoms with Crippen LogP contribution in [-0.2, 0) is 6.18 Å². The Labute approximate surface area is 119 Å². The van der Waals surface area contributed by atoms with Crippen molar-refractivity contribution in [2.24, 2.45) is 0 Å². The van der Waals surface area contributed by atoms with Gasteiger partial charge in [0.15, 0.2) is 0 Å². The van der Waals surface area contributed by atoms with E-state index in [2.05, 4.69) is 15.6 Å². The number of anilines is 2. The number of hydrogen-bond acceptors (Lipinski definition) is 3. The van der Waals surface area contributed by atoms with Gasteiger partial charge >= 0.3 is 6.18 Å². The highest BCUT2D eigenvalue weighted by atomic mass is 19.4. The Morgan fingerprint density at radius 2 is 1.76 bits per heavy atom. The SMILES string of the molecule is CNc1cccc(C(=O)Nc2ccc(C(F)(F)F)cc2)n1. The van der Waals surface area contributed by atoms with Gasteiger partial charge in [0.1, 0.15) is 11.5 Å². The Kier molecular flexibility index (Phi) is 4.11. The minimum Gasteiger partial charge on any atom is -0.373 e. The molecule has 0 unspecified atom stereocenters. The lowest BCUT2D eigenvalue weighted by molar-refractivity contribution is -0.137. The number of pyridine rings is 1. The summed E-state index contributed by atoms with van der Waals surface area (Å²) in [6, 6.07) is 9.07. The molecule has 1 heterocycles. The van der Waals surface area contributed by atoms with E-state index in [0.717, 1.165) is 12.1 Å². The molecule has 4 nitrogen and oxygen atoms in total. The monoisotopic (exact) mass is 295 g/mol. The van der Waals surface area contributed by atoms with Gasteiger partial charge in [0.25, 0.3) is 5.91 Å². The quantitative estimate of drug-likeness (QED) is 0.912. The first-order valence-electron chi connectivity index (χ1n) is 6.03. The molecule has 1 amide bonds. The number of carbonyl (C=O) groups excluding carboxylic acids is 1. The van der Waals surface area contributed by atoms with Crippen LogP contribution in [0.1, 0.15) is 16.1 Å². The molecule has 0 aliphatic heterocycles. The molecule has 1 aromatic carbocycles. The Balaban J connectivity index is 2.12. The Hall–Kier alpha value is -2.57. The zero-order valence-electron chi connectivity index (χ0n) is 11.0. The minimum absolute atomic E-state index is 0.168. The average Bonchev–Trinajstić information content (AvgIpc) is 2.47. The first-order valence-corrected chi connectivity index (χ1v) is 6.03. The van der Waals surface area contributed by atoms with Crippen molar-refractivity contribution < 1.29 is 18.0 Å². The van der Waals surface area contributed by atoms with Gasteiger partial charge in [0.05, 0.1) is 5.56 Å². The number of benzene rings is 1. The highest BCUT2D eigenvalue weighted by molar-refractivity contribution is 6.03. The fourth-order valence-electron chi connectivity index (χ4n) is 1.64. The van der Waals surface area contributed by atoms with Crippen LogP contribution in [0.4, 0.5) is 24.7 Å². The van der Waals surface area contributed by atoms with E-state index in [1.54, 1.807) is 19.2 Å². The minimum atomic E-state index is -4.40. The molecule has 21 heavy (non-hydrogen) atoms. The third-order valence-corrected chi connectivity index (χ3v) is 2.71. The Morgan fingerprint density at radius 1 is 1.10 bits per heavy atom. The molecule has 0 fully saturated rings. The van der Waals surface area contributed by atoms with Crippen LogP contribution in [0.25, 0.3) is 0 Å². The van der Waals surface area contributed by atoms with Crippen molar-refractivity contribution >= 4 is 17.4 Å². The molecule has 0 spiro atoms. The molecule has 2 aromatic rings. The molecule has 0 aliphatic carbocycles. The summed E-state index contributed by atoms with van der Waals surface area (Å²) in [6.45, 7) is 0. The maximum atomic E-state index is 12.4. The predicted molar refractivity (Wildman–Crippen MR) is 73.2 cm³/mol. The van der Waals surface area contributed by atoms with Crippen LogP contribution in [-0.4, -0.2) is 17.9 Å². The maximum absolute atomic E-state index is 12.4. The number of nitrogens with one attached hydrogen (secondary N) is 2. The second-order valence-corrected chi connectivity index (χ2v) is 4.19. The number of carbonyl (C=O) groups is 1. The van der Waals surface area contributed by atoms with E-state index in [1.165, 1.54) is 18.2 Å². The third-order valence-electron chi connectivity index (χ3n) is 2.71. The number of aromatic nitrogens is 1. The van der Waals surface area contributed by atoms with Crippen LogP contribution in [0.5, 0.6) is 0 Å². The highest BCUT2D eigenvalue weighted by Crippen LogP contribution is 2.29. The molecular weight excluding hydrogens is 283 g/mol. The lowest BCUT2D eigenvalue weighted by Gasteiger charge is -2.09. The largest absolute Gasteiger partial charge is 0.416 e. The molecule has 2 rings (SSSR count). The van der Waals surface area contributed by atoms with Crippen molar-refractivity contribution in [3.63, 3.8) is 0 Å². The second-order valence-electron chi connectivity index (χ2n) is 4.19. The molecule has 0 atom stereocenters. The van der Waals surface area contributed by atoms with Crippen molar-refractivity contribution in [1.29, 1.82) is 0 Å². The van der Waals surface area contributed by atoms with E-state index < -0.39 is 17.6 Å².